The quantitative estimate of drug-likeness (QED) is 0.260. The van der Waals surface area contributed by atoms with E-state index in [0.717, 1.165) is 35.1 Å². The summed E-state index contributed by atoms with van der Waals surface area (Å²) in [6.45, 7) is 10.7. The maximum absolute atomic E-state index is 12.9. The summed E-state index contributed by atoms with van der Waals surface area (Å²) < 4.78 is 7.24. The fourth-order valence-corrected chi connectivity index (χ4v) is 5.77. The predicted molar refractivity (Wildman–Crippen MR) is 136 cm³/mol. The highest BCUT2D eigenvalue weighted by atomic mass is 32.2. The molecule has 0 fully saturated rings. The van der Waals surface area contributed by atoms with Crippen LogP contribution in [0.25, 0.3) is 21.6 Å². The second-order valence-corrected chi connectivity index (χ2v) is 10.3. The third-order valence-corrected chi connectivity index (χ3v) is 7.64. The van der Waals surface area contributed by atoms with Crippen LogP contribution in [0, 0.1) is 13.8 Å². The lowest BCUT2D eigenvalue weighted by atomic mass is 10.1. The fourth-order valence-electron chi connectivity index (χ4n) is 3.76. The summed E-state index contributed by atoms with van der Waals surface area (Å²) in [7, 11) is 0. The zero-order valence-corrected chi connectivity index (χ0v) is 21.5. The number of benzene rings is 1. The summed E-state index contributed by atoms with van der Waals surface area (Å²) in [5, 5.41) is 9.93. The van der Waals surface area contributed by atoms with Crippen LogP contribution in [0.15, 0.2) is 34.2 Å². The number of thiophene rings is 1. The maximum Gasteiger partial charge on any atom is 0.348 e. The lowest BCUT2D eigenvalue weighted by Gasteiger charge is -2.13. The van der Waals surface area contributed by atoms with Crippen molar-refractivity contribution in [3.05, 3.63) is 56.4 Å². The summed E-state index contributed by atoms with van der Waals surface area (Å²) in [5.41, 5.74) is 2.53. The Kier molecular flexibility index (Phi) is 7.18. The molecule has 1 N–H and O–H groups in total. The van der Waals surface area contributed by atoms with E-state index < -0.39 is 5.97 Å². The zero-order chi connectivity index (χ0) is 24.4. The standard InChI is InChI=1S/C24H27N5O3S2/c1-6-11-29-20(16-10-8-9-13(3)12-16)27-28-24(29)33-15(5)19-25-21(30)17-14(4)18(23(31)32-7-2)34-22(17)26-19/h8-10,12,15H,6-7,11H2,1-5H3,(H,25,26,30). The highest BCUT2D eigenvalue weighted by molar-refractivity contribution is 7.99. The van der Waals surface area contributed by atoms with Gasteiger partial charge >= 0.3 is 5.97 Å². The average Bonchev–Trinajstić information content (AvgIpc) is 3.35. The molecule has 0 aliphatic carbocycles. The van der Waals surface area contributed by atoms with E-state index in [1.165, 1.54) is 23.1 Å². The van der Waals surface area contributed by atoms with Gasteiger partial charge in [0, 0.05) is 12.1 Å². The minimum atomic E-state index is -0.428. The molecule has 10 heteroatoms. The first kappa shape index (κ1) is 24.2. The molecule has 0 aliphatic heterocycles. The van der Waals surface area contributed by atoms with Crippen molar-refractivity contribution in [3.8, 4) is 11.4 Å². The van der Waals surface area contributed by atoms with Gasteiger partial charge in [-0.05, 0) is 45.7 Å². The second-order valence-electron chi connectivity index (χ2n) is 8.00. The van der Waals surface area contributed by atoms with Gasteiger partial charge in [0.05, 0.1) is 17.2 Å². The number of aryl methyl sites for hydroxylation is 2. The van der Waals surface area contributed by atoms with E-state index in [9.17, 15) is 9.59 Å². The van der Waals surface area contributed by atoms with Crippen molar-refractivity contribution in [2.24, 2.45) is 0 Å². The van der Waals surface area contributed by atoms with Crippen LogP contribution in [-0.2, 0) is 11.3 Å². The molecule has 0 amide bonds. The lowest BCUT2D eigenvalue weighted by Crippen LogP contribution is -2.13. The molecule has 3 aromatic heterocycles. The number of fused-ring (bicyclic) bond motifs is 1. The molecule has 0 bridgehead atoms. The second kappa shape index (κ2) is 10.1. The van der Waals surface area contributed by atoms with Crippen LogP contribution in [0.4, 0.5) is 0 Å². The Bertz CT molecular complexity index is 1410. The number of nitrogens with zero attached hydrogens (tertiary/aromatic N) is 4. The summed E-state index contributed by atoms with van der Waals surface area (Å²) in [6, 6.07) is 8.21. The molecule has 4 rings (SSSR count). The van der Waals surface area contributed by atoms with E-state index >= 15 is 0 Å². The van der Waals surface area contributed by atoms with Crippen molar-refractivity contribution in [1.29, 1.82) is 0 Å². The fraction of sp³-hybridized carbons (Fsp3) is 0.375. The number of rotatable bonds is 8. The van der Waals surface area contributed by atoms with Gasteiger partial charge in [0.25, 0.3) is 5.56 Å². The Morgan fingerprint density at radius 2 is 2.06 bits per heavy atom. The molecule has 3 heterocycles. The van der Waals surface area contributed by atoms with Gasteiger partial charge in [-0.1, -0.05) is 42.4 Å². The number of carbonyl (C=O) groups excluding carboxylic acids is 1. The SMILES string of the molecule is CCCn1c(SC(C)c2nc3sc(C(=O)OCC)c(C)c3c(=O)[nH]2)nnc1-c1cccc(C)c1. The molecular formula is C24H27N5O3S2. The van der Waals surface area contributed by atoms with E-state index in [1.807, 2.05) is 19.1 Å². The summed E-state index contributed by atoms with van der Waals surface area (Å²) in [5.74, 6) is 0.926. The number of ether oxygens (including phenoxy) is 1. The molecule has 4 aromatic rings. The number of hydrogen-bond acceptors (Lipinski definition) is 8. The predicted octanol–water partition coefficient (Wildman–Crippen LogP) is 5.30. The first-order chi connectivity index (χ1) is 16.3. The van der Waals surface area contributed by atoms with Gasteiger partial charge in [0.2, 0.25) is 0 Å². The Morgan fingerprint density at radius 3 is 2.76 bits per heavy atom. The van der Waals surface area contributed by atoms with Gasteiger partial charge < -0.3 is 14.3 Å². The molecule has 178 valence electrons. The molecule has 34 heavy (non-hydrogen) atoms. The molecule has 0 radical (unpaired) electrons. The van der Waals surface area contributed by atoms with Crippen molar-refractivity contribution in [3.63, 3.8) is 0 Å². The van der Waals surface area contributed by atoms with Crippen LogP contribution in [0.5, 0.6) is 0 Å². The number of esters is 1. The van der Waals surface area contributed by atoms with E-state index in [1.54, 1.807) is 13.8 Å². The molecule has 0 saturated carbocycles. The average molecular weight is 498 g/mol. The molecule has 8 nitrogen and oxygen atoms in total. The van der Waals surface area contributed by atoms with Gasteiger partial charge in [-0.2, -0.15) is 0 Å². The number of thioether (sulfide) groups is 1. The number of hydrogen-bond donors (Lipinski definition) is 1. The van der Waals surface area contributed by atoms with Crippen molar-refractivity contribution < 1.29 is 9.53 Å². The summed E-state index contributed by atoms with van der Waals surface area (Å²) >= 11 is 2.69. The first-order valence-electron chi connectivity index (χ1n) is 11.2. The largest absolute Gasteiger partial charge is 0.462 e. The minimum Gasteiger partial charge on any atom is -0.462 e. The van der Waals surface area contributed by atoms with Gasteiger partial charge in [0.15, 0.2) is 11.0 Å². The van der Waals surface area contributed by atoms with Crippen LogP contribution >= 0.6 is 23.1 Å². The lowest BCUT2D eigenvalue weighted by molar-refractivity contribution is 0.0531. The molecular weight excluding hydrogens is 470 g/mol. The Hall–Kier alpha value is -2.98. The highest BCUT2D eigenvalue weighted by Gasteiger charge is 2.23. The number of H-pyrrole nitrogens is 1. The normalized spacial score (nSPS) is 12.3. The van der Waals surface area contributed by atoms with Gasteiger partial charge in [-0.15, -0.1) is 21.5 Å². The Balaban J connectivity index is 1.67. The van der Waals surface area contributed by atoms with Crippen LogP contribution < -0.4 is 5.56 Å². The minimum absolute atomic E-state index is 0.185. The molecule has 0 spiro atoms. The number of carbonyl (C=O) groups is 1. The molecule has 1 unspecified atom stereocenters. The summed E-state index contributed by atoms with van der Waals surface area (Å²) in [6.07, 6.45) is 0.935. The van der Waals surface area contributed by atoms with Gasteiger partial charge in [-0.25, -0.2) is 9.78 Å². The van der Waals surface area contributed by atoms with Crippen molar-refractivity contribution in [2.45, 2.75) is 58.0 Å². The van der Waals surface area contributed by atoms with Gasteiger partial charge in [0.1, 0.15) is 15.5 Å². The molecule has 1 aromatic carbocycles. The first-order valence-corrected chi connectivity index (χ1v) is 12.9. The molecule has 1 atom stereocenters. The third kappa shape index (κ3) is 4.65. The van der Waals surface area contributed by atoms with Crippen molar-refractivity contribution in [2.75, 3.05) is 6.61 Å². The van der Waals surface area contributed by atoms with Crippen LogP contribution in [0.3, 0.4) is 0 Å². The van der Waals surface area contributed by atoms with Crippen LogP contribution in [0.1, 0.15) is 59.1 Å². The Morgan fingerprint density at radius 1 is 1.26 bits per heavy atom. The van der Waals surface area contributed by atoms with Crippen molar-refractivity contribution in [1.82, 2.24) is 24.7 Å². The number of aromatic nitrogens is 5. The number of aromatic amines is 1. The Labute approximate surface area is 205 Å². The van der Waals surface area contributed by atoms with Crippen LogP contribution in [-0.4, -0.2) is 37.3 Å². The topological polar surface area (TPSA) is 103 Å². The molecule has 0 aliphatic rings. The van der Waals surface area contributed by atoms with E-state index in [0.29, 0.717) is 26.5 Å². The summed E-state index contributed by atoms with van der Waals surface area (Å²) in [4.78, 5) is 33.7. The maximum atomic E-state index is 12.9. The highest BCUT2D eigenvalue weighted by Crippen LogP contribution is 2.35. The van der Waals surface area contributed by atoms with Gasteiger partial charge in [-0.3, -0.25) is 4.79 Å². The van der Waals surface area contributed by atoms with E-state index in [4.69, 9.17) is 4.74 Å². The molecule has 0 saturated heterocycles. The van der Waals surface area contributed by atoms with E-state index in [-0.39, 0.29) is 17.4 Å². The zero-order valence-electron chi connectivity index (χ0n) is 19.8. The van der Waals surface area contributed by atoms with E-state index in [2.05, 4.69) is 50.7 Å². The number of nitrogens with one attached hydrogen (secondary N) is 1. The smallest absolute Gasteiger partial charge is 0.348 e. The van der Waals surface area contributed by atoms with Crippen LogP contribution in [0.2, 0.25) is 0 Å². The monoisotopic (exact) mass is 497 g/mol. The van der Waals surface area contributed by atoms with Crippen molar-refractivity contribution >= 4 is 39.3 Å². The third-order valence-electron chi connectivity index (χ3n) is 5.39.